The Balaban J connectivity index is 1.34. The van der Waals surface area contributed by atoms with E-state index in [1.165, 1.54) is 25.0 Å². The van der Waals surface area contributed by atoms with Crippen LogP contribution < -0.4 is 5.32 Å². The number of fused-ring (bicyclic) bond motifs is 1. The molecule has 3 atom stereocenters. The highest BCUT2D eigenvalue weighted by Gasteiger charge is 2.59. The van der Waals surface area contributed by atoms with Crippen molar-refractivity contribution in [2.24, 2.45) is 5.92 Å². The molecule has 2 aromatic carbocycles. The van der Waals surface area contributed by atoms with Crippen molar-refractivity contribution in [3.05, 3.63) is 65.2 Å². The molecule has 0 unspecified atom stereocenters. The van der Waals surface area contributed by atoms with Crippen molar-refractivity contribution in [1.29, 1.82) is 0 Å². The number of nitrogens with one attached hydrogen (secondary N) is 1. The van der Waals surface area contributed by atoms with Crippen molar-refractivity contribution < 1.29 is 27.8 Å². The van der Waals surface area contributed by atoms with E-state index in [1.54, 1.807) is 13.2 Å². The molecule has 2 aliphatic carbocycles. The molecular weight excluding hydrogens is 493 g/mol. The fraction of sp³-hybridized carbons (Fsp3) is 0.500. The number of ether oxygens (including phenoxy) is 1. The lowest BCUT2D eigenvalue weighted by Gasteiger charge is -2.60. The van der Waals surface area contributed by atoms with E-state index in [2.05, 4.69) is 22.1 Å². The summed E-state index contributed by atoms with van der Waals surface area (Å²) in [7, 11) is 1.77. The Kier molecular flexibility index (Phi) is 7.19. The van der Waals surface area contributed by atoms with Gasteiger partial charge in [-0.1, -0.05) is 18.1 Å². The number of halogens is 3. The van der Waals surface area contributed by atoms with Gasteiger partial charge in [-0.2, -0.15) is 13.2 Å². The highest BCUT2D eigenvalue weighted by molar-refractivity contribution is 5.94. The molecule has 0 radical (unpaired) electrons. The lowest BCUT2D eigenvalue weighted by Crippen LogP contribution is -2.68. The lowest BCUT2D eigenvalue weighted by atomic mass is 9.55. The van der Waals surface area contributed by atoms with Crippen LogP contribution >= 0.6 is 0 Å². The zero-order valence-corrected chi connectivity index (χ0v) is 21.5. The molecule has 0 aromatic heterocycles. The van der Waals surface area contributed by atoms with E-state index in [4.69, 9.17) is 4.74 Å². The number of hydrogen-bond donors (Lipinski definition) is 2. The van der Waals surface area contributed by atoms with Gasteiger partial charge in [0.15, 0.2) is 0 Å². The van der Waals surface area contributed by atoms with E-state index in [-0.39, 0.29) is 11.8 Å². The molecule has 5 rings (SSSR count). The first-order valence-electron chi connectivity index (χ1n) is 13.2. The molecule has 3 aliphatic rings. The summed E-state index contributed by atoms with van der Waals surface area (Å²) in [5, 5.41) is 13.4. The fourth-order valence-electron chi connectivity index (χ4n) is 6.43. The van der Waals surface area contributed by atoms with E-state index in [1.807, 2.05) is 18.2 Å². The van der Waals surface area contributed by atoms with E-state index in [0.29, 0.717) is 12.0 Å². The maximum absolute atomic E-state index is 12.8. The molecule has 5 nitrogen and oxygen atoms in total. The predicted octanol–water partition coefficient (Wildman–Crippen LogP) is 4.87. The molecule has 1 heterocycles. The van der Waals surface area contributed by atoms with Gasteiger partial charge in [0, 0.05) is 43.1 Å². The van der Waals surface area contributed by atoms with Gasteiger partial charge in [0.05, 0.1) is 11.2 Å². The van der Waals surface area contributed by atoms with Gasteiger partial charge in [-0.25, -0.2) is 0 Å². The van der Waals surface area contributed by atoms with E-state index in [9.17, 15) is 23.1 Å². The van der Waals surface area contributed by atoms with Gasteiger partial charge in [-0.15, -0.1) is 0 Å². The predicted molar refractivity (Wildman–Crippen MR) is 137 cm³/mol. The van der Waals surface area contributed by atoms with Crippen molar-refractivity contribution in [1.82, 2.24) is 10.2 Å². The number of carbonyl (C=O) groups excluding carboxylic acids is 1. The van der Waals surface area contributed by atoms with Crippen molar-refractivity contribution >= 4 is 5.91 Å². The highest BCUT2D eigenvalue weighted by Crippen LogP contribution is 2.54. The molecule has 1 aliphatic heterocycles. The Bertz CT molecular complexity index is 1230. The first-order chi connectivity index (χ1) is 18.1. The quantitative estimate of drug-likeness (QED) is 0.546. The minimum atomic E-state index is -4.42. The van der Waals surface area contributed by atoms with Crippen molar-refractivity contribution in [3.63, 3.8) is 0 Å². The molecule has 2 N–H and O–H groups in total. The highest BCUT2D eigenvalue weighted by atomic mass is 19.4. The van der Waals surface area contributed by atoms with Gasteiger partial charge in [0.25, 0.3) is 5.91 Å². The van der Waals surface area contributed by atoms with Crippen LogP contribution in [0, 0.1) is 17.8 Å². The summed E-state index contributed by atoms with van der Waals surface area (Å²) in [6.45, 7) is 2.82. The maximum atomic E-state index is 12.8. The van der Waals surface area contributed by atoms with Crippen molar-refractivity contribution in [2.75, 3.05) is 26.7 Å². The Morgan fingerprint density at radius 3 is 2.58 bits per heavy atom. The van der Waals surface area contributed by atoms with Crippen molar-refractivity contribution in [3.8, 4) is 17.6 Å². The van der Waals surface area contributed by atoms with Gasteiger partial charge in [0.2, 0.25) is 0 Å². The number of amides is 1. The number of benzene rings is 2. The lowest BCUT2D eigenvalue weighted by molar-refractivity contribution is -0.150. The average Bonchev–Trinajstić information content (AvgIpc) is 3.71. The second kappa shape index (κ2) is 10.3. The van der Waals surface area contributed by atoms with E-state index >= 15 is 0 Å². The molecule has 2 saturated carbocycles. The average molecular weight is 527 g/mol. The number of likely N-dealkylation sites (tertiary alicyclic amines) is 1. The molecule has 3 fully saturated rings. The number of rotatable bonds is 5. The largest absolute Gasteiger partial charge is 0.508 e. The number of piperidine rings is 1. The van der Waals surface area contributed by atoms with E-state index in [0.717, 1.165) is 62.5 Å². The Hall–Kier alpha value is -3.02. The second-order valence-corrected chi connectivity index (χ2v) is 11.0. The van der Waals surface area contributed by atoms with Crippen molar-refractivity contribution in [2.45, 2.75) is 61.8 Å². The first-order valence-corrected chi connectivity index (χ1v) is 13.2. The summed E-state index contributed by atoms with van der Waals surface area (Å²) in [6, 6.07) is 11.7. The zero-order chi connectivity index (χ0) is 27.0. The van der Waals surface area contributed by atoms with Gasteiger partial charge in [0.1, 0.15) is 5.75 Å². The SMILES string of the molecule is CO[C@]12CC[C@@H](NC(=O)C#Cc3ccc(C(F)(F)F)cc3)C[C@]1(c1cccc(O)c1)CCN(CC1CC1)C2. The summed E-state index contributed by atoms with van der Waals surface area (Å²) < 4.78 is 44.7. The Morgan fingerprint density at radius 2 is 1.92 bits per heavy atom. The number of alkyl halides is 3. The summed E-state index contributed by atoms with van der Waals surface area (Å²) >= 11 is 0. The molecule has 1 amide bonds. The minimum Gasteiger partial charge on any atom is -0.508 e. The third-order valence-corrected chi connectivity index (χ3v) is 8.57. The maximum Gasteiger partial charge on any atom is 0.416 e. The minimum absolute atomic E-state index is 0.148. The van der Waals surface area contributed by atoms with E-state index < -0.39 is 28.7 Å². The normalized spacial score (nSPS) is 27.6. The van der Waals surface area contributed by atoms with Gasteiger partial charge < -0.3 is 20.1 Å². The van der Waals surface area contributed by atoms with Crippen LogP contribution in [0.1, 0.15) is 55.2 Å². The zero-order valence-electron chi connectivity index (χ0n) is 21.5. The monoisotopic (exact) mass is 526 g/mol. The fourth-order valence-corrected chi connectivity index (χ4v) is 6.43. The molecule has 0 bridgehead atoms. The van der Waals surface area contributed by atoms with Crippen LogP contribution in [0.15, 0.2) is 48.5 Å². The molecule has 38 heavy (non-hydrogen) atoms. The molecule has 202 valence electrons. The smallest absolute Gasteiger partial charge is 0.416 e. The number of hydrogen-bond acceptors (Lipinski definition) is 4. The molecule has 0 spiro atoms. The number of methoxy groups -OCH3 is 1. The second-order valence-electron chi connectivity index (χ2n) is 11.0. The topological polar surface area (TPSA) is 61.8 Å². The van der Waals surface area contributed by atoms with Gasteiger partial charge in [-0.3, -0.25) is 4.79 Å². The standard InChI is InChI=1S/C30H33F3N2O3/c1-38-29-14-13-25(34-27(37)12-9-21-7-10-23(11-8-21)30(31,32)33)18-28(29,24-3-2-4-26(36)17-24)15-16-35(20-29)19-22-5-6-22/h2-4,7-8,10-11,17,22,25,36H,5-6,13-16,18-20H2,1H3,(H,34,37)/t25-,28+,29+/m1/s1. The molecular formula is C30H33F3N2O3. The summed E-state index contributed by atoms with van der Waals surface area (Å²) in [5.41, 5.74) is -0.231. The summed E-state index contributed by atoms with van der Waals surface area (Å²) in [5.74, 6) is 5.73. The van der Waals surface area contributed by atoms with Crippen LogP contribution in [-0.4, -0.2) is 54.3 Å². The third kappa shape index (κ3) is 5.41. The number of aromatic hydroxyl groups is 1. The molecule has 2 aromatic rings. The number of phenolic OH excluding ortho intramolecular Hbond substituents is 1. The summed E-state index contributed by atoms with van der Waals surface area (Å²) in [4.78, 5) is 15.3. The Labute approximate surface area is 221 Å². The van der Waals surface area contributed by atoms with Crippen LogP contribution in [0.25, 0.3) is 0 Å². The van der Waals surface area contributed by atoms with Crippen LogP contribution in [-0.2, 0) is 21.1 Å². The molecule has 8 heteroatoms. The molecule has 1 saturated heterocycles. The van der Waals surface area contributed by atoms with Gasteiger partial charge in [-0.05, 0) is 92.9 Å². The summed E-state index contributed by atoms with van der Waals surface area (Å²) in [6.07, 6.45) is 1.12. The third-order valence-electron chi connectivity index (χ3n) is 8.57. The van der Waals surface area contributed by atoms with Gasteiger partial charge >= 0.3 is 6.18 Å². The van der Waals surface area contributed by atoms with Crippen LogP contribution in [0.5, 0.6) is 5.75 Å². The van der Waals surface area contributed by atoms with Crippen LogP contribution in [0.2, 0.25) is 0 Å². The first kappa shape index (κ1) is 26.6. The van der Waals surface area contributed by atoms with Crippen LogP contribution in [0.4, 0.5) is 13.2 Å². The van der Waals surface area contributed by atoms with Crippen LogP contribution in [0.3, 0.4) is 0 Å². The number of phenols is 1. The number of carbonyl (C=O) groups is 1. The number of nitrogens with zero attached hydrogens (tertiary/aromatic N) is 1. The Morgan fingerprint density at radius 1 is 1.16 bits per heavy atom.